The minimum Gasteiger partial charge on any atom is -0.222 e. The monoisotopic (exact) mass is 249 g/mol. The first-order valence-electron chi connectivity index (χ1n) is 6.54. The Hall–Kier alpha value is -2.22. The zero-order valence-electron chi connectivity index (χ0n) is 11.3. The summed E-state index contributed by atoms with van der Waals surface area (Å²) in [6.07, 6.45) is 1.94. The Bertz CT molecular complexity index is 647. The second kappa shape index (κ2) is 4.81. The second-order valence-corrected chi connectivity index (χ2v) is 4.93. The topological polar surface area (TPSA) is 15.4 Å². The van der Waals surface area contributed by atoms with Crippen LogP contribution in [-0.4, -0.2) is 23.2 Å². The fraction of sp³-hybridized carbons (Fsp3) is 0.176. The fourth-order valence-corrected chi connectivity index (χ4v) is 2.57. The first-order chi connectivity index (χ1) is 9.25. The van der Waals surface area contributed by atoms with Gasteiger partial charge in [0.1, 0.15) is 5.69 Å². The van der Waals surface area contributed by atoms with E-state index in [0.717, 1.165) is 12.3 Å². The van der Waals surface area contributed by atoms with Crippen molar-refractivity contribution in [2.45, 2.75) is 13.8 Å². The number of nitrogens with zero attached hydrogens (tertiary/aromatic N) is 2. The van der Waals surface area contributed by atoms with E-state index in [0.29, 0.717) is 0 Å². The van der Waals surface area contributed by atoms with Crippen LogP contribution in [0.4, 0.5) is 5.69 Å². The third-order valence-electron chi connectivity index (χ3n) is 3.51. The average Bonchev–Trinajstić information content (AvgIpc) is 2.89. The van der Waals surface area contributed by atoms with Gasteiger partial charge in [0, 0.05) is 5.56 Å². The molecule has 0 unspecified atom stereocenters. The molecule has 94 valence electrons. The van der Waals surface area contributed by atoms with Gasteiger partial charge in [-0.05, 0) is 30.0 Å². The Morgan fingerprint density at radius 1 is 0.895 bits per heavy atom. The molecule has 0 fully saturated rings. The number of aliphatic imine (C=N–C) groups is 1. The molecule has 2 aromatic rings. The van der Waals surface area contributed by atoms with E-state index in [4.69, 9.17) is 0 Å². The van der Waals surface area contributed by atoms with Crippen molar-refractivity contribution in [1.29, 1.82) is 0 Å². The highest BCUT2D eigenvalue weighted by atomic mass is 15.1. The fourth-order valence-electron chi connectivity index (χ4n) is 2.57. The van der Waals surface area contributed by atoms with Crippen LogP contribution in [-0.2, 0) is 0 Å². The largest absolute Gasteiger partial charge is 0.287 e. The molecule has 0 N–H and O–H groups in total. The summed E-state index contributed by atoms with van der Waals surface area (Å²) >= 11 is 0. The summed E-state index contributed by atoms with van der Waals surface area (Å²) < 4.78 is 2.23. The molecule has 2 nitrogen and oxygen atoms in total. The second-order valence-electron chi connectivity index (χ2n) is 4.93. The van der Waals surface area contributed by atoms with Gasteiger partial charge in [-0.15, -0.1) is 0 Å². The summed E-state index contributed by atoms with van der Waals surface area (Å²) in [4.78, 5) is 4.56. The minimum atomic E-state index is 0.843. The number of hydrogen-bond acceptors (Lipinski definition) is 1. The quantitative estimate of drug-likeness (QED) is 0.724. The number of para-hydroxylation sites is 1. The molecule has 0 saturated heterocycles. The van der Waals surface area contributed by atoms with Crippen molar-refractivity contribution in [2.24, 2.45) is 4.99 Å². The molecular weight excluding hydrogens is 232 g/mol. The summed E-state index contributed by atoms with van der Waals surface area (Å²) in [6, 6.07) is 16.8. The molecule has 0 spiro atoms. The van der Waals surface area contributed by atoms with Gasteiger partial charge >= 0.3 is 0 Å². The standard InChI is InChI=1S/C17H17N2/c1-13-7-6-8-14(2)17(13)19-11-16(18-12-19)15-9-4-3-5-10-15/h3-10,12H,11H2,1-2H3/q+1. The van der Waals surface area contributed by atoms with E-state index in [1.165, 1.54) is 22.4 Å². The van der Waals surface area contributed by atoms with Gasteiger partial charge in [-0.2, -0.15) is 0 Å². The molecule has 0 bridgehead atoms. The van der Waals surface area contributed by atoms with Crippen LogP contribution in [0.5, 0.6) is 0 Å². The Morgan fingerprint density at radius 2 is 1.58 bits per heavy atom. The van der Waals surface area contributed by atoms with Crippen molar-refractivity contribution >= 4 is 17.7 Å². The molecule has 0 amide bonds. The van der Waals surface area contributed by atoms with Crippen LogP contribution in [0.2, 0.25) is 0 Å². The van der Waals surface area contributed by atoms with Gasteiger partial charge in [0.05, 0.1) is 0 Å². The maximum absolute atomic E-state index is 4.56. The van der Waals surface area contributed by atoms with Crippen LogP contribution in [0.15, 0.2) is 53.5 Å². The summed E-state index contributed by atoms with van der Waals surface area (Å²) in [7, 11) is 0. The maximum atomic E-state index is 4.56. The lowest BCUT2D eigenvalue weighted by Crippen LogP contribution is -2.13. The summed E-state index contributed by atoms with van der Waals surface area (Å²) in [5.41, 5.74) is 6.19. The van der Waals surface area contributed by atoms with Crippen molar-refractivity contribution in [3.05, 3.63) is 65.2 Å². The number of rotatable bonds is 2. The molecule has 3 rings (SSSR count). The Morgan fingerprint density at radius 3 is 2.26 bits per heavy atom. The maximum Gasteiger partial charge on any atom is 0.287 e. The number of aryl methyl sites for hydroxylation is 2. The van der Waals surface area contributed by atoms with Crippen LogP contribution in [0.25, 0.3) is 0 Å². The summed E-state index contributed by atoms with van der Waals surface area (Å²) in [6.45, 7) is 5.14. The molecule has 2 aromatic carbocycles. The zero-order chi connectivity index (χ0) is 13.2. The van der Waals surface area contributed by atoms with Crippen molar-refractivity contribution in [2.75, 3.05) is 6.54 Å². The molecule has 0 saturated carbocycles. The Labute approximate surface area is 113 Å². The first kappa shape index (κ1) is 11.8. The Kier molecular flexibility index (Phi) is 3.00. The van der Waals surface area contributed by atoms with Gasteiger partial charge in [-0.1, -0.05) is 48.5 Å². The smallest absolute Gasteiger partial charge is 0.222 e. The number of hydrogen-bond donors (Lipinski definition) is 0. The highest BCUT2D eigenvalue weighted by Gasteiger charge is 2.22. The molecule has 0 aliphatic carbocycles. The third-order valence-corrected chi connectivity index (χ3v) is 3.51. The molecule has 2 heteroatoms. The van der Waals surface area contributed by atoms with Crippen molar-refractivity contribution in [3.63, 3.8) is 0 Å². The lowest BCUT2D eigenvalue weighted by molar-refractivity contribution is -0.415. The molecule has 0 radical (unpaired) electrons. The summed E-state index contributed by atoms with van der Waals surface area (Å²) in [5, 5.41) is 0. The normalized spacial score (nSPS) is 14.2. The van der Waals surface area contributed by atoms with Crippen molar-refractivity contribution in [3.8, 4) is 0 Å². The van der Waals surface area contributed by atoms with Gasteiger partial charge in [-0.3, -0.25) is 0 Å². The van der Waals surface area contributed by atoms with Crippen molar-refractivity contribution < 1.29 is 4.58 Å². The van der Waals surface area contributed by atoms with E-state index in [-0.39, 0.29) is 0 Å². The third kappa shape index (κ3) is 2.22. The lowest BCUT2D eigenvalue weighted by atomic mass is 10.1. The van der Waals surface area contributed by atoms with Gasteiger partial charge < -0.3 is 0 Å². The SMILES string of the molecule is Cc1cccc(C)c1[N+]1=CN=C(c2ccccc2)C1. The molecule has 1 aliphatic rings. The first-order valence-corrected chi connectivity index (χ1v) is 6.54. The molecule has 19 heavy (non-hydrogen) atoms. The van der Waals surface area contributed by atoms with Crippen LogP contribution >= 0.6 is 0 Å². The van der Waals surface area contributed by atoms with E-state index in [1.54, 1.807) is 0 Å². The average molecular weight is 249 g/mol. The zero-order valence-corrected chi connectivity index (χ0v) is 11.3. The summed E-state index contributed by atoms with van der Waals surface area (Å²) in [5.74, 6) is 0. The van der Waals surface area contributed by atoms with Gasteiger partial charge in [-0.25, -0.2) is 4.58 Å². The Balaban J connectivity index is 1.89. The van der Waals surface area contributed by atoms with E-state index in [2.05, 4.69) is 65.9 Å². The predicted octanol–water partition coefficient (Wildman–Crippen LogP) is 3.48. The molecule has 0 aromatic heterocycles. The minimum absolute atomic E-state index is 0.843. The van der Waals surface area contributed by atoms with E-state index in [1.807, 2.05) is 12.4 Å². The van der Waals surface area contributed by atoms with Crippen LogP contribution in [0, 0.1) is 13.8 Å². The van der Waals surface area contributed by atoms with Crippen LogP contribution in [0.1, 0.15) is 16.7 Å². The van der Waals surface area contributed by atoms with Crippen molar-refractivity contribution in [1.82, 2.24) is 0 Å². The highest BCUT2D eigenvalue weighted by molar-refractivity contribution is 6.06. The molecule has 1 aliphatic heterocycles. The van der Waals surface area contributed by atoms with E-state index < -0.39 is 0 Å². The highest BCUT2D eigenvalue weighted by Crippen LogP contribution is 2.24. The van der Waals surface area contributed by atoms with Crippen LogP contribution < -0.4 is 0 Å². The molecule has 1 heterocycles. The van der Waals surface area contributed by atoms with Crippen LogP contribution in [0.3, 0.4) is 0 Å². The van der Waals surface area contributed by atoms with Gasteiger partial charge in [0.2, 0.25) is 5.71 Å². The van der Waals surface area contributed by atoms with Gasteiger partial charge in [0.15, 0.2) is 6.54 Å². The lowest BCUT2D eigenvalue weighted by Gasteiger charge is -2.08. The van der Waals surface area contributed by atoms with E-state index in [9.17, 15) is 0 Å². The van der Waals surface area contributed by atoms with E-state index >= 15 is 0 Å². The predicted molar refractivity (Wildman–Crippen MR) is 79.7 cm³/mol. The van der Waals surface area contributed by atoms with Gasteiger partial charge in [0.25, 0.3) is 6.34 Å². The molecular formula is C17H17N2+. The molecule has 0 atom stereocenters. The number of benzene rings is 2.